The fourth-order valence-corrected chi connectivity index (χ4v) is 2.11. The van der Waals surface area contributed by atoms with Crippen molar-refractivity contribution in [3.8, 4) is 11.8 Å². The summed E-state index contributed by atoms with van der Waals surface area (Å²) in [6, 6.07) is 14.9. The summed E-state index contributed by atoms with van der Waals surface area (Å²) in [5.74, 6) is 0.245. The number of hydrogen-bond donors (Lipinski definition) is 1. The van der Waals surface area contributed by atoms with Gasteiger partial charge >= 0.3 is 0 Å². The van der Waals surface area contributed by atoms with Crippen LogP contribution >= 0.6 is 0 Å². The second-order valence-corrected chi connectivity index (χ2v) is 5.22. The van der Waals surface area contributed by atoms with Gasteiger partial charge in [-0.2, -0.15) is 5.26 Å². The van der Waals surface area contributed by atoms with Crippen LogP contribution in [-0.4, -0.2) is 13.0 Å². The van der Waals surface area contributed by atoms with Crippen molar-refractivity contribution < 1.29 is 9.53 Å². The monoisotopic (exact) mass is 306 g/mol. The third-order valence-corrected chi connectivity index (χ3v) is 3.41. The maximum Gasteiger partial charge on any atom is 0.266 e. The molecule has 23 heavy (non-hydrogen) atoms. The SMILES string of the molecule is COc1cccc(C=C(C#N)C(=O)Nc2cc(C)ccc2C)c1. The van der Waals surface area contributed by atoms with E-state index < -0.39 is 5.91 Å². The van der Waals surface area contributed by atoms with Crippen LogP contribution in [0.1, 0.15) is 16.7 Å². The van der Waals surface area contributed by atoms with Crippen LogP contribution in [0.2, 0.25) is 0 Å². The Morgan fingerprint density at radius 1 is 1.22 bits per heavy atom. The second-order valence-electron chi connectivity index (χ2n) is 5.22. The van der Waals surface area contributed by atoms with Gasteiger partial charge in [0.1, 0.15) is 17.4 Å². The lowest BCUT2D eigenvalue weighted by Crippen LogP contribution is -2.14. The maximum absolute atomic E-state index is 12.3. The highest BCUT2D eigenvalue weighted by molar-refractivity contribution is 6.10. The van der Waals surface area contributed by atoms with Crippen LogP contribution in [0, 0.1) is 25.2 Å². The average Bonchev–Trinajstić information content (AvgIpc) is 2.56. The molecule has 0 radical (unpaired) electrons. The number of benzene rings is 2. The second kappa shape index (κ2) is 7.28. The van der Waals surface area contributed by atoms with Crippen molar-refractivity contribution in [2.45, 2.75) is 13.8 Å². The summed E-state index contributed by atoms with van der Waals surface area (Å²) in [7, 11) is 1.57. The van der Waals surface area contributed by atoms with Crippen molar-refractivity contribution in [1.82, 2.24) is 0 Å². The molecule has 0 heterocycles. The van der Waals surface area contributed by atoms with Crippen LogP contribution in [0.5, 0.6) is 5.75 Å². The first-order valence-electron chi connectivity index (χ1n) is 7.18. The summed E-state index contributed by atoms with van der Waals surface area (Å²) in [6.07, 6.45) is 1.54. The molecule has 116 valence electrons. The summed E-state index contributed by atoms with van der Waals surface area (Å²) < 4.78 is 5.14. The fraction of sp³-hybridized carbons (Fsp3) is 0.158. The lowest BCUT2D eigenvalue weighted by atomic mass is 10.1. The molecular formula is C19H18N2O2. The molecule has 2 aromatic carbocycles. The van der Waals surface area contributed by atoms with Gasteiger partial charge in [0.25, 0.3) is 5.91 Å². The average molecular weight is 306 g/mol. The number of nitrogens with zero attached hydrogens (tertiary/aromatic N) is 1. The van der Waals surface area contributed by atoms with Crippen molar-refractivity contribution in [3.05, 3.63) is 64.7 Å². The number of anilines is 1. The van der Waals surface area contributed by atoms with Gasteiger partial charge in [0.05, 0.1) is 7.11 Å². The third kappa shape index (κ3) is 4.21. The molecule has 2 rings (SSSR count). The Hall–Kier alpha value is -3.06. The maximum atomic E-state index is 12.3. The smallest absolute Gasteiger partial charge is 0.266 e. The quantitative estimate of drug-likeness (QED) is 0.689. The Kier molecular flexibility index (Phi) is 5.16. The van der Waals surface area contributed by atoms with Crippen molar-refractivity contribution in [2.24, 2.45) is 0 Å². The van der Waals surface area contributed by atoms with E-state index in [1.807, 2.05) is 50.2 Å². The van der Waals surface area contributed by atoms with Crippen LogP contribution in [0.4, 0.5) is 5.69 Å². The normalized spacial score (nSPS) is 10.8. The molecule has 2 aromatic rings. The van der Waals surface area contributed by atoms with Crippen LogP contribution in [-0.2, 0) is 4.79 Å². The zero-order chi connectivity index (χ0) is 16.8. The molecule has 0 spiro atoms. The Bertz CT molecular complexity index is 801. The summed E-state index contributed by atoms with van der Waals surface area (Å²) in [6.45, 7) is 3.86. The summed E-state index contributed by atoms with van der Waals surface area (Å²) >= 11 is 0. The highest BCUT2D eigenvalue weighted by Gasteiger charge is 2.11. The summed E-state index contributed by atoms with van der Waals surface area (Å²) in [5.41, 5.74) is 3.47. The molecule has 4 heteroatoms. The number of carbonyl (C=O) groups excluding carboxylic acids is 1. The van der Waals surface area contributed by atoms with Crippen molar-refractivity contribution in [3.63, 3.8) is 0 Å². The Morgan fingerprint density at radius 2 is 2.00 bits per heavy atom. The minimum absolute atomic E-state index is 0.0409. The van der Waals surface area contributed by atoms with Gasteiger partial charge in [0.15, 0.2) is 0 Å². The topological polar surface area (TPSA) is 62.1 Å². The number of nitriles is 1. The highest BCUT2D eigenvalue weighted by Crippen LogP contribution is 2.19. The largest absolute Gasteiger partial charge is 0.497 e. The molecule has 1 amide bonds. The first-order chi connectivity index (χ1) is 11.0. The third-order valence-electron chi connectivity index (χ3n) is 3.41. The molecular weight excluding hydrogens is 288 g/mol. The van der Waals surface area contributed by atoms with Gasteiger partial charge in [-0.3, -0.25) is 4.79 Å². The molecule has 1 N–H and O–H groups in total. The highest BCUT2D eigenvalue weighted by atomic mass is 16.5. The first kappa shape index (κ1) is 16.3. The zero-order valence-corrected chi connectivity index (χ0v) is 13.4. The molecule has 0 unspecified atom stereocenters. The van der Waals surface area contributed by atoms with Gasteiger partial charge < -0.3 is 10.1 Å². The zero-order valence-electron chi connectivity index (χ0n) is 13.4. The van der Waals surface area contributed by atoms with E-state index in [1.165, 1.54) is 0 Å². The molecule has 0 fully saturated rings. The van der Waals surface area contributed by atoms with Crippen LogP contribution in [0.3, 0.4) is 0 Å². The summed E-state index contributed by atoms with van der Waals surface area (Å²) in [4.78, 5) is 12.3. The van der Waals surface area contributed by atoms with Gasteiger partial charge in [0.2, 0.25) is 0 Å². The van der Waals surface area contributed by atoms with Crippen molar-refractivity contribution in [1.29, 1.82) is 5.26 Å². The van der Waals surface area contributed by atoms with Crippen molar-refractivity contribution >= 4 is 17.7 Å². The molecule has 0 aliphatic heterocycles. The number of hydrogen-bond acceptors (Lipinski definition) is 3. The minimum atomic E-state index is -0.427. The lowest BCUT2D eigenvalue weighted by Gasteiger charge is -2.09. The molecule has 0 aromatic heterocycles. The van der Waals surface area contributed by atoms with Gasteiger partial charge in [-0.25, -0.2) is 0 Å². The fourth-order valence-electron chi connectivity index (χ4n) is 2.11. The Balaban J connectivity index is 2.26. The number of carbonyl (C=O) groups is 1. The molecule has 0 aliphatic rings. The summed E-state index contributed by atoms with van der Waals surface area (Å²) in [5, 5.41) is 12.1. The predicted octanol–water partition coefficient (Wildman–Crippen LogP) is 3.86. The van der Waals surface area contributed by atoms with Crippen LogP contribution < -0.4 is 10.1 Å². The number of nitrogens with one attached hydrogen (secondary N) is 1. The van der Waals surface area contributed by atoms with Crippen LogP contribution in [0.15, 0.2) is 48.0 Å². The van der Waals surface area contributed by atoms with Crippen molar-refractivity contribution in [2.75, 3.05) is 12.4 Å². The number of methoxy groups -OCH3 is 1. The molecule has 0 bridgehead atoms. The van der Waals surface area contributed by atoms with Gasteiger partial charge in [-0.15, -0.1) is 0 Å². The first-order valence-corrected chi connectivity index (χ1v) is 7.18. The van der Waals surface area contributed by atoms with E-state index in [-0.39, 0.29) is 5.57 Å². The van der Waals surface area contributed by atoms with Gasteiger partial charge in [-0.05, 0) is 54.8 Å². The minimum Gasteiger partial charge on any atom is -0.497 e. The number of aryl methyl sites for hydroxylation is 2. The van der Waals surface area contributed by atoms with E-state index in [9.17, 15) is 10.1 Å². The molecule has 0 saturated heterocycles. The Morgan fingerprint density at radius 3 is 2.70 bits per heavy atom. The number of rotatable bonds is 4. The molecule has 0 atom stereocenters. The van der Waals surface area contributed by atoms with Gasteiger partial charge in [-0.1, -0.05) is 24.3 Å². The standard InChI is InChI=1S/C19H18N2O2/c1-13-7-8-14(2)18(9-13)21-19(22)16(12-20)10-15-5-4-6-17(11-15)23-3/h4-11H,1-3H3,(H,21,22). The van der Waals surface area contributed by atoms with E-state index >= 15 is 0 Å². The van der Waals surface area contributed by atoms with E-state index in [0.717, 1.165) is 16.7 Å². The molecule has 0 aliphatic carbocycles. The molecule has 0 saturated carbocycles. The van der Waals surface area contributed by atoms with E-state index in [1.54, 1.807) is 25.3 Å². The lowest BCUT2D eigenvalue weighted by molar-refractivity contribution is -0.112. The van der Waals surface area contributed by atoms with E-state index in [2.05, 4.69) is 5.32 Å². The van der Waals surface area contributed by atoms with Crippen LogP contribution in [0.25, 0.3) is 6.08 Å². The number of amides is 1. The van der Waals surface area contributed by atoms with Gasteiger partial charge in [0, 0.05) is 5.69 Å². The Labute approximate surface area is 136 Å². The number of ether oxygens (including phenoxy) is 1. The van der Waals surface area contributed by atoms with E-state index in [4.69, 9.17) is 4.74 Å². The van der Waals surface area contributed by atoms with E-state index in [0.29, 0.717) is 11.4 Å². The molecule has 4 nitrogen and oxygen atoms in total. The predicted molar refractivity (Wildman–Crippen MR) is 91.1 cm³/mol.